The molecule has 0 fully saturated rings. The number of hydrogen-bond acceptors (Lipinski definition) is 2. The fraction of sp³-hybridized carbons (Fsp3) is 0.647. The number of rotatable bonds is 2. The zero-order chi connectivity index (χ0) is 15.1. The quantitative estimate of drug-likeness (QED) is 0.738. The standard InChI is InChI=1S/C17H29N2Si/c1-16(2,3)12-18-14-10-8-9-11-15(14)19(20(18)7)13-17(4,5)6/h8-11H,12-13H2,1-7H3/q-1. The van der Waals surface area contributed by atoms with Crippen LogP contribution in [0.1, 0.15) is 41.5 Å². The van der Waals surface area contributed by atoms with Crippen molar-refractivity contribution < 1.29 is 0 Å². The summed E-state index contributed by atoms with van der Waals surface area (Å²) in [5.74, 6) is 0. The van der Waals surface area contributed by atoms with Gasteiger partial charge in [-0.05, 0) is 45.2 Å². The monoisotopic (exact) mass is 289 g/mol. The number of benzene rings is 1. The minimum atomic E-state index is -0.690. The van der Waals surface area contributed by atoms with Crippen molar-refractivity contribution >= 4 is 20.5 Å². The minimum absolute atomic E-state index is 0.330. The lowest BCUT2D eigenvalue weighted by Crippen LogP contribution is -2.50. The lowest BCUT2D eigenvalue weighted by molar-refractivity contribution is 0.424. The van der Waals surface area contributed by atoms with E-state index in [0.717, 1.165) is 13.1 Å². The van der Waals surface area contributed by atoms with Crippen LogP contribution in [0.5, 0.6) is 0 Å². The fourth-order valence-corrected chi connectivity index (χ4v) is 5.54. The molecule has 1 aromatic rings. The first-order valence-corrected chi connectivity index (χ1v) is 9.46. The topological polar surface area (TPSA) is 6.48 Å². The maximum absolute atomic E-state index is 2.66. The van der Waals surface area contributed by atoms with Gasteiger partial charge in [-0.15, -0.1) is 0 Å². The van der Waals surface area contributed by atoms with Crippen LogP contribution >= 0.6 is 0 Å². The molecule has 112 valence electrons. The second-order valence-corrected chi connectivity index (χ2v) is 10.5. The Morgan fingerprint density at radius 2 is 1.15 bits per heavy atom. The van der Waals surface area contributed by atoms with Gasteiger partial charge < -0.3 is 9.13 Å². The van der Waals surface area contributed by atoms with Crippen LogP contribution in [0.2, 0.25) is 6.55 Å². The van der Waals surface area contributed by atoms with Crippen molar-refractivity contribution in [3.63, 3.8) is 0 Å². The summed E-state index contributed by atoms with van der Waals surface area (Å²) in [5, 5.41) is 0. The third-order valence-electron chi connectivity index (χ3n) is 3.51. The van der Waals surface area contributed by atoms with E-state index in [-0.39, 0.29) is 0 Å². The Kier molecular flexibility index (Phi) is 3.93. The van der Waals surface area contributed by atoms with Crippen LogP contribution in [0.25, 0.3) is 0 Å². The van der Waals surface area contributed by atoms with Gasteiger partial charge in [0.1, 0.15) is 0 Å². The number of nitrogens with zero attached hydrogens (tertiary/aromatic N) is 2. The second-order valence-electron chi connectivity index (χ2n) is 8.33. The third kappa shape index (κ3) is 3.37. The summed E-state index contributed by atoms with van der Waals surface area (Å²) in [6.45, 7) is 18.7. The molecule has 0 bridgehead atoms. The zero-order valence-corrected chi connectivity index (χ0v) is 15.1. The van der Waals surface area contributed by atoms with Crippen molar-refractivity contribution in [1.82, 2.24) is 0 Å². The van der Waals surface area contributed by atoms with E-state index in [2.05, 4.69) is 81.5 Å². The van der Waals surface area contributed by atoms with E-state index in [1.807, 2.05) is 0 Å². The van der Waals surface area contributed by atoms with Gasteiger partial charge in [0.15, 0.2) is 0 Å². The van der Waals surface area contributed by atoms with Crippen molar-refractivity contribution in [3.05, 3.63) is 24.3 Å². The van der Waals surface area contributed by atoms with E-state index >= 15 is 0 Å². The van der Waals surface area contributed by atoms with E-state index in [1.54, 1.807) is 0 Å². The average molecular weight is 290 g/mol. The first-order valence-electron chi connectivity index (χ1n) is 7.56. The van der Waals surface area contributed by atoms with Gasteiger partial charge in [-0.1, -0.05) is 53.7 Å². The van der Waals surface area contributed by atoms with Crippen molar-refractivity contribution in [3.8, 4) is 0 Å². The highest BCUT2D eigenvalue weighted by atomic mass is 28.3. The Morgan fingerprint density at radius 1 is 0.800 bits per heavy atom. The normalized spacial score (nSPS) is 16.8. The van der Waals surface area contributed by atoms with Gasteiger partial charge in [0.05, 0.1) is 0 Å². The van der Waals surface area contributed by atoms with Gasteiger partial charge in [-0.2, -0.15) is 6.55 Å². The predicted octanol–water partition coefficient (Wildman–Crippen LogP) is 4.52. The molecule has 0 saturated heterocycles. The SMILES string of the molecule is C[Si-]1N(CC(C)(C)C)c2ccccc2N1CC(C)(C)C. The molecular formula is C17H29N2Si-. The van der Waals surface area contributed by atoms with Crippen LogP contribution in [-0.2, 0) is 0 Å². The summed E-state index contributed by atoms with van der Waals surface area (Å²) in [6.07, 6.45) is 0. The number of para-hydroxylation sites is 2. The zero-order valence-electron chi connectivity index (χ0n) is 14.1. The minimum Gasteiger partial charge on any atom is -0.524 e. The molecule has 0 aromatic heterocycles. The number of fused-ring (bicyclic) bond motifs is 1. The molecule has 2 nitrogen and oxygen atoms in total. The molecular weight excluding hydrogens is 260 g/mol. The maximum Gasteiger partial charge on any atom is 0.0206 e. The summed E-state index contributed by atoms with van der Waals surface area (Å²) in [4.78, 5) is 0. The largest absolute Gasteiger partial charge is 0.524 e. The van der Waals surface area contributed by atoms with Gasteiger partial charge in [0.25, 0.3) is 0 Å². The van der Waals surface area contributed by atoms with Gasteiger partial charge in [-0.25, -0.2) is 0 Å². The van der Waals surface area contributed by atoms with Crippen LogP contribution in [0.3, 0.4) is 0 Å². The summed E-state index contributed by atoms with van der Waals surface area (Å²) in [6, 6.07) is 8.92. The Labute approximate surface area is 126 Å². The van der Waals surface area contributed by atoms with E-state index in [9.17, 15) is 0 Å². The highest BCUT2D eigenvalue weighted by Gasteiger charge is 2.27. The van der Waals surface area contributed by atoms with Gasteiger partial charge in [0.2, 0.25) is 0 Å². The van der Waals surface area contributed by atoms with Crippen molar-refractivity contribution in [2.75, 3.05) is 22.2 Å². The summed E-state index contributed by atoms with van der Waals surface area (Å²) >= 11 is 0. The smallest absolute Gasteiger partial charge is 0.0206 e. The third-order valence-corrected chi connectivity index (χ3v) is 5.87. The molecule has 0 amide bonds. The molecule has 1 aliphatic rings. The van der Waals surface area contributed by atoms with Gasteiger partial charge in [-0.3, -0.25) is 0 Å². The maximum atomic E-state index is 2.66. The number of anilines is 2. The first kappa shape index (κ1) is 15.4. The molecule has 0 N–H and O–H groups in total. The van der Waals surface area contributed by atoms with E-state index in [4.69, 9.17) is 0 Å². The Hall–Kier alpha value is -0.963. The van der Waals surface area contributed by atoms with Gasteiger partial charge in [0, 0.05) is 11.4 Å². The second kappa shape index (κ2) is 5.10. The molecule has 0 saturated carbocycles. The molecule has 0 unspecified atom stereocenters. The number of hydrogen-bond donors (Lipinski definition) is 0. The van der Waals surface area contributed by atoms with Crippen LogP contribution in [0.4, 0.5) is 11.4 Å². The van der Waals surface area contributed by atoms with Crippen LogP contribution in [0.15, 0.2) is 24.3 Å². The highest BCUT2D eigenvalue weighted by molar-refractivity contribution is 6.68. The van der Waals surface area contributed by atoms with Crippen molar-refractivity contribution in [2.24, 2.45) is 10.8 Å². The lowest BCUT2D eigenvalue weighted by atomic mass is 9.96. The molecule has 3 heteroatoms. The van der Waals surface area contributed by atoms with E-state index < -0.39 is 9.12 Å². The molecule has 0 radical (unpaired) electrons. The molecule has 0 atom stereocenters. The van der Waals surface area contributed by atoms with Crippen LogP contribution < -0.4 is 9.13 Å². The molecule has 0 spiro atoms. The Balaban J connectivity index is 2.34. The predicted molar refractivity (Wildman–Crippen MR) is 91.7 cm³/mol. The van der Waals surface area contributed by atoms with Crippen molar-refractivity contribution in [2.45, 2.75) is 48.1 Å². The Bertz CT molecular complexity index is 428. The molecule has 1 heterocycles. The Morgan fingerprint density at radius 3 is 1.45 bits per heavy atom. The summed E-state index contributed by atoms with van der Waals surface area (Å²) in [7, 11) is -0.690. The summed E-state index contributed by atoms with van der Waals surface area (Å²) in [5.41, 5.74) is 3.53. The van der Waals surface area contributed by atoms with E-state index in [0.29, 0.717) is 10.8 Å². The lowest BCUT2D eigenvalue weighted by Gasteiger charge is -2.47. The fourth-order valence-electron chi connectivity index (χ4n) is 2.76. The van der Waals surface area contributed by atoms with E-state index in [1.165, 1.54) is 11.4 Å². The van der Waals surface area contributed by atoms with Crippen LogP contribution in [-0.4, -0.2) is 22.2 Å². The molecule has 2 rings (SSSR count). The van der Waals surface area contributed by atoms with Crippen LogP contribution in [0, 0.1) is 10.8 Å². The van der Waals surface area contributed by atoms with Crippen molar-refractivity contribution in [1.29, 1.82) is 0 Å². The molecule has 1 aromatic carbocycles. The average Bonchev–Trinajstić information content (AvgIpc) is 2.52. The first-order chi connectivity index (χ1) is 9.08. The molecule has 20 heavy (non-hydrogen) atoms. The van der Waals surface area contributed by atoms with Gasteiger partial charge >= 0.3 is 0 Å². The molecule has 1 aliphatic heterocycles. The summed E-state index contributed by atoms with van der Waals surface area (Å²) < 4.78 is 5.32. The molecule has 0 aliphatic carbocycles. The highest BCUT2D eigenvalue weighted by Crippen LogP contribution is 2.40.